The smallest absolute Gasteiger partial charge is 0.302 e. The van der Waals surface area contributed by atoms with Crippen molar-refractivity contribution in [3.8, 4) is 0 Å². The Labute approximate surface area is 161 Å². The third-order valence-electron chi connectivity index (χ3n) is 9.07. The van der Waals surface area contributed by atoms with Crippen LogP contribution in [0.3, 0.4) is 0 Å². The topological polar surface area (TPSA) is 80.7 Å². The first-order valence-electron chi connectivity index (χ1n) is 10.5. The van der Waals surface area contributed by atoms with Crippen LogP contribution in [0.25, 0.3) is 0 Å². The van der Waals surface area contributed by atoms with E-state index in [0.717, 1.165) is 25.7 Å². The van der Waals surface area contributed by atoms with Crippen molar-refractivity contribution in [2.24, 2.45) is 34.5 Å². The summed E-state index contributed by atoms with van der Waals surface area (Å²) in [4.78, 5) is 36.7. The summed E-state index contributed by atoms with van der Waals surface area (Å²) in [5.41, 5.74) is -1.79. The van der Waals surface area contributed by atoms with E-state index in [1.54, 1.807) is 0 Å². The first-order valence-corrected chi connectivity index (χ1v) is 10.5. The molecule has 4 rings (SSSR count). The maximum absolute atomic E-state index is 12.8. The van der Waals surface area contributed by atoms with Crippen molar-refractivity contribution in [1.29, 1.82) is 0 Å². The lowest BCUT2D eigenvalue weighted by molar-refractivity contribution is -0.211. The highest BCUT2D eigenvalue weighted by atomic mass is 16.5. The van der Waals surface area contributed by atoms with Crippen LogP contribution in [0, 0.1) is 34.5 Å². The van der Waals surface area contributed by atoms with Gasteiger partial charge >= 0.3 is 5.97 Å². The second-order valence-electron chi connectivity index (χ2n) is 10.3. The van der Waals surface area contributed by atoms with Crippen LogP contribution >= 0.6 is 0 Å². The highest BCUT2D eigenvalue weighted by Gasteiger charge is 2.67. The predicted octanol–water partition coefficient (Wildman–Crippen LogP) is 3.07. The Kier molecular flexibility index (Phi) is 4.16. The summed E-state index contributed by atoms with van der Waals surface area (Å²) in [6.45, 7) is 7.46. The first kappa shape index (κ1) is 19.1. The van der Waals surface area contributed by atoms with E-state index >= 15 is 0 Å². The lowest BCUT2D eigenvalue weighted by atomic mass is 9.42. The number of esters is 1. The summed E-state index contributed by atoms with van der Waals surface area (Å²) in [6, 6.07) is 0. The average Bonchev–Trinajstić information content (AvgIpc) is 2.78. The number of carbonyl (C=O) groups excluding carboxylic acids is 3. The molecule has 1 N–H and O–H groups in total. The Morgan fingerprint density at radius 3 is 2.48 bits per heavy atom. The molecule has 0 spiro atoms. The van der Waals surface area contributed by atoms with Gasteiger partial charge in [0.25, 0.3) is 0 Å². The Morgan fingerprint density at radius 1 is 1.11 bits per heavy atom. The van der Waals surface area contributed by atoms with E-state index in [-0.39, 0.29) is 59.1 Å². The van der Waals surface area contributed by atoms with Gasteiger partial charge in [-0.2, -0.15) is 0 Å². The maximum Gasteiger partial charge on any atom is 0.302 e. The number of hydrogen-bond donors (Lipinski definition) is 1. The molecule has 0 aromatic heterocycles. The van der Waals surface area contributed by atoms with Crippen LogP contribution in [-0.4, -0.2) is 34.3 Å². The Bertz CT molecular complexity index is 697. The van der Waals surface area contributed by atoms with Gasteiger partial charge in [-0.15, -0.1) is 0 Å². The molecule has 0 radical (unpaired) electrons. The van der Waals surface area contributed by atoms with Crippen molar-refractivity contribution in [2.75, 3.05) is 0 Å². The molecule has 5 heteroatoms. The molecule has 0 aromatic rings. The van der Waals surface area contributed by atoms with Gasteiger partial charge in [0, 0.05) is 42.9 Å². The molecule has 4 fully saturated rings. The fraction of sp³-hybridized carbons (Fsp3) is 0.864. The monoisotopic (exact) mass is 376 g/mol. The minimum atomic E-state index is -1.02. The van der Waals surface area contributed by atoms with Crippen LogP contribution in [0.5, 0.6) is 0 Å². The summed E-state index contributed by atoms with van der Waals surface area (Å²) in [7, 11) is 0. The third kappa shape index (κ3) is 2.49. The molecule has 0 amide bonds. The zero-order chi connectivity index (χ0) is 19.8. The molecular formula is C22H32O5. The van der Waals surface area contributed by atoms with Gasteiger partial charge in [0.15, 0.2) is 0 Å². The quantitative estimate of drug-likeness (QED) is 0.712. The summed E-state index contributed by atoms with van der Waals surface area (Å²) in [6.07, 6.45) is 4.27. The van der Waals surface area contributed by atoms with E-state index in [9.17, 15) is 19.5 Å². The molecule has 8 atom stereocenters. The fourth-order valence-electron chi connectivity index (χ4n) is 7.64. The van der Waals surface area contributed by atoms with E-state index in [1.807, 2.05) is 6.92 Å². The van der Waals surface area contributed by atoms with Crippen LogP contribution in [0.4, 0.5) is 0 Å². The van der Waals surface area contributed by atoms with E-state index in [2.05, 4.69) is 13.8 Å². The average molecular weight is 376 g/mol. The Balaban J connectivity index is 1.73. The molecule has 0 aliphatic heterocycles. The van der Waals surface area contributed by atoms with Crippen molar-refractivity contribution in [3.05, 3.63) is 0 Å². The van der Waals surface area contributed by atoms with Gasteiger partial charge in [0.05, 0.1) is 5.60 Å². The number of aliphatic hydroxyl groups is 1. The van der Waals surface area contributed by atoms with Gasteiger partial charge in [0.2, 0.25) is 0 Å². The minimum absolute atomic E-state index is 0.0267. The molecule has 0 bridgehead atoms. The normalized spacial score (nSPS) is 52.0. The zero-order valence-electron chi connectivity index (χ0n) is 16.9. The fourth-order valence-corrected chi connectivity index (χ4v) is 7.64. The molecule has 0 aromatic carbocycles. The largest absolute Gasteiger partial charge is 0.462 e. The molecule has 150 valence electrons. The number of Topliss-reactive ketones (excluding diaryl/α,β-unsaturated/α-hetero) is 2. The number of rotatable bonds is 1. The van der Waals surface area contributed by atoms with Crippen molar-refractivity contribution in [2.45, 2.75) is 84.3 Å². The molecule has 0 saturated heterocycles. The summed E-state index contributed by atoms with van der Waals surface area (Å²) in [5.74, 6) is 0.782. The third-order valence-corrected chi connectivity index (χ3v) is 9.07. The van der Waals surface area contributed by atoms with Crippen molar-refractivity contribution >= 4 is 17.5 Å². The Morgan fingerprint density at radius 2 is 1.81 bits per heavy atom. The van der Waals surface area contributed by atoms with Crippen LogP contribution in [0.1, 0.15) is 72.6 Å². The van der Waals surface area contributed by atoms with E-state index in [1.165, 1.54) is 6.92 Å². The number of carbonyl (C=O) groups is 3. The summed E-state index contributed by atoms with van der Waals surface area (Å²) >= 11 is 0. The number of fused-ring (bicyclic) bond motifs is 5. The highest BCUT2D eigenvalue weighted by molar-refractivity contribution is 5.88. The van der Waals surface area contributed by atoms with Crippen molar-refractivity contribution in [3.63, 3.8) is 0 Å². The molecule has 4 aliphatic rings. The second-order valence-corrected chi connectivity index (χ2v) is 10.3. The summed E-state index contributed by atoms with van der Waals surface area (Å²) < 4.78 is 5.63. The first-order chi connectivity index (χ1) is 12.5. The van der Waals surface area contributed by atoms with Crippen molar-refractivity contribution < 1.29 is 24.2 Å². The molecule has 4 aliphatic carbocycles. The molecule has 4 saturated carbocycles. The highest BCUT2D eigenvalue weighted by Crippen LogP contribution is 2.67. The molecular weight excluding hydrogens is 344 g/mol. The van der Waals surface area contributed by atoms with Gasteiger partial charge in [-0.05, 0) is 50.4 Å². The van der Waals surface area contributed by atoms with Crippen LogP contribution < -0.4 is 0 Å². The minimum Gasteiger partial charge on any atom is -0.462 e. The van der Waals surface area contributed by atoms with Gasteiger partial charge in [0.1, 0.15) is 17.7 Å². The van der Waals surface area contributed by atoms with Gasteiger partial charge in [-0.25, -0.2) is 0 Å². The molecule has 3 unspecified atom stereocenters. The molecule has 5 nitrogen and oxygen atoms in total. The van der Waals surface area contributed by atoms with Crippen LogP contribution in [-0.2, 0) is 19.1 Å². The lowest BCUT2D eigenvalue weighted by Gasteiger charge is -2.63. The zero-order valence-corrected chi connectivity index (χ0v) is 16.9. The van der Waals surface area contributed by atoms with Gasteiger partial charge in [-0.1, -0.05) is 13.8 Å². The second kappa shape index (κ2) is 5.88. The van der Waals surface area contributed by atoms with E-state index < -0.39 is 11.0 Å². The van der Waals surface area contributed by atoms with Gasteiger partial charge < -0.3 is 9.84 Å². The van der Waals surface area contributed by atoms with Crippen LogP contribution in [0.15, 0.2) is 0 Å². The lowest BCUT2D eigenvalue weighted by Crippen LogP contribution is -2.64. The SMILES string of the molecule is CC(=O)OC1CC(=O)[C@@]2(C)CC[C@@H]3[C@@H](CCC4CC(=O)CC(C)(O)[C@@]43C)[C@H]12. The molecule has 27 heavy (non-hydrogen) atoms. The van der Waals surface area contributed by atoms with Crippen molar-refractivity contribution in [1.82, 2.24) is 0 Å². The number of hydrogen-bond acceptors (Lipinski definition) is 5. The Hall–Kier alpha value is -1.23. The van der Waals surface area contributed by atoms with Gasteiger partial charge in [-0.3, -0.25) is 14.4 Å². The number of ketones is 2. The maximum atomic E-state index is 12.8. The predicted molar refractivity (Wildman–Crippen MR) is 98.7 cm³/mol. The molecule has 0 heterocycles. The summed E-state index contributed by atoms with van der Waals surface area (Å²) in [5, 5.41) is 11.3. The van der Waals surface area contributed by atoms with Crippen LogP contribution in [0.2, 0.25) is 0 Å². The van der Waals surface area contributed by atoms with E-state index in [0.29, 0.717) is 12.8 Å². The van der Waals surface area contributed by atoms with E-state index in [4.69, 9.17) is 4.74 Å². The standard InChI is InChI=1S/C22H32O5/c1-12(23)27-17-10-18(25)20(2)8-7-16-15(19(17)20)6-5-13-9-14(24)11-21(3,26)22(13,16)4/h13,15-17,19,26H,5-11H2,1-4H3/t13?,15-,16-,17?,19-,20-,21?,22+/m1/s1. The number of ether oxygens (including phenoxy) is 1.